The molecule has 0 bridgehead atoms. The third-order valence-corrected chi connectivity index (χ3v) is 5.43. The lowest BCUT2D eigenvalue weighted by molar-refractivity contribution is -0.140. The lowest BCUT2D eigenvalue weighted by atomic mass is 9.81. The summed E-state index contributed by atoms with van der Waals surface area (Å²) in [6.07, 6.45) is 5.23. The van der Waals surface area contributed by atoms with Crippen molar-refractivity contribution in [2.24, 2.45) is 11.8 Å². The van der Waals surface area contributed by atoms with Gasteiger partial charge in [-0.2, -0.15) is 0 Å². The Hall–Kier alpha value is -2.04. The molecule has 0 saturated carbocycles. The summed E-state index contributed by atoms with van der Waals surface area (Å²) in [5, 5.41) is 20.0. The highest BCUT2D eigenvalue weighted by molar-refractivity contribution is 5.82. The fourth-order valence-electron chi connectivity index (χ4n) is 3.84. The van der Waals surface area contributed by atoms with Crippen LogP contribution < -0.4 is 4.74 Å². The number of ether oxygens (including phenoxy) is 1. The normalized spacial score (nSPS) is 13.4. The van der Waals surface area contributed by atoms with Crippen molar-refractivity contribution in [3.63, 3.8) is 0 Å². The monoisotopic (exact) mass is 420 g/mol. The zero-order chi connectivity index (χ0) is 22.7. The lowest BCUT2D eigenvalue weighted by Gasteiger charge is -2.24. The quantitative estimate of drug-likeness (QED) is 0.340. The maximum absolute atomic E-state index is 12.2. The molecule has 5 heteroatoms. The van der Waals surface area contributed by atoms with Gasteiger partial charge in [0.05, 0.1) is 18.4 Å². The van der Waals surface area contributed by atoms with E-state index in [2.05, 4.69) is 27.7 Å². The topological polar surface area (TPSA) is 83.8 Å². The largest absolute Gasteiger partial charge is 0.493 e. The highest BCUT2D eigenvalue weighted by Crippen LogP contribution is 2.39. The Balaban J connectivity index is 3.37. The first-order chi connectivity index (χ1) is 14.2. The van der Waals surface area contributed by atoms with Crippen molar-refractivity contribution < 1.29 is 24.5 Å². The van der Waals surface area contributed by atoms with Crippen LogP contribution in [0.2, 0.25) is 0 Å². The molecule has 0 fully saturated rings. The molecule has 5 nitrogen and oxygen atoms in total. The van der Waals surface area contributed by atoms with Crippen molar-refractivity contribution in [3.8, 4) is 5.75 Å². The van der Waals surface area contributed by atoms with Gasteiger partial charge in [0.2, 0.25) is 0 Å². The first-order valence-electron chi connectivity index (χ1n) is 11.4. The molecule has 170 valence electrons. The Kier molecular flexibility index (Phi) is 11.5. The second-order valence-corrected chi connectivity index (χ2v) is 9.04. The van der Waals surface area contributed by atoms with E-state index in [0.29, 0.717) is 48.2 Å². The third-order valence-electron chi connectivity index (χ3n) is 5.43. The Morgan fingerprint density at radius 1 is 0.867 bits per heavy atom. The van der Waals surface area contributed by atoms with Gasteiger partial charge in [-0.3, -0.25) is 9.59 Å². The highest BCUT2D eigenvalue weighted by atomic mass is 16.5. The molecule has 0 aliphatic rings. The van der Waals surface area contributed by atoms with Crippen molar-refractivity contribution in [2.75, 3.05) is 6.61 Å². The van der Waals surface area contributed by atoms with E-state index >= 15 is 0 Å². The molecule has 1 aromatic rings. The van der Waals surface area contributed by atoms with Gasteiger partial charge in [-0.1, -0.05) is 72.4 Å². The van der Waals surface area contributed by atoms with Crippen LogP contribution in [0.5, 0.6) is 5.75 Å². The van der Waals surface area contributed by atoms with E-state index < -0.39 is 23.8 Å². The van der Waals surface area contributed by atoms with Crippen molar-refractivity contribution in [1.29, 1.82) is 0 Å². The predicted octanol–water partition coefficient (Wildman–Crippen LogP) is 6.46. The van der Waals surface area contributed by atoms with Gasteiger partial charge in [-0.15, -0.1) is 0 Å². The van der Waals surface area contributed by atoms with Crippen LogP contribution >= 0.6 is 0 Å². The van der Waals surface area contributed by atoms with Crippen molar-refractivity contribution in [1.82, 2.24) is 0 Å². The Morgan fingerprint density at radius 2 is 1.40 bits per heavy atom. The molecule has 1 rings (SSSR count). The number of benzene rings is 1. The van der Waals surface area contributed by atoms with E-state index in [1.165, 1.54) is 0 Å². The number of hydrogen-bond donors (Lipinski definition) is 2. The molecule has 0 heterocycles. The average Bonchev–Trinajstić information content (AvgIpc) is 2.66. The van der Waals surface area contributed by atoms with Crippen LogP contribution in [0.1, 0.15) is 103 Å². The molecular formula is C25H40O5. The van der Waals surface area contributed by atoms with E-state index in [4.69, 9.17) is 4.74 Å². The van der Waals surface area contributed by atoms with E-state index in [9.17, 15) is 19.8 Å². The average molecular weight is 421 g/mol. The van der Waals surface area contributed by atoms with Crippen molar-refractivity contribution in [2.45, 2.75) is 91.4 Å². The van der Waals surface area contributed by atoms with E-state index in [1.807, 2.05) is 6.92 Å². The standard InChI is InChI=1S/C25H40O5/c1-6-16-30-22-15-9-12-19(20(24(26)27)13-7-10-17(2)3)23(22)21(25(28)29)14-8-11-18(4)5/h9,12,15,17-18,20-21H,6-8,10-11,13-14,16H2,1-5H3,(H,26,27)(H,28,29). The minimum absolute atomic E-state index is 0.472. The van der Waals surface area contributed by atoms with Crippen molar-refractivity contribution in [3.05, 3.63) is 29.3 Å². The van der Waals surface area contributed by atoms with Gasteiger partial charge in [0.25, 0.3) is 0 Å². The van der Waals surface area contributed by atoms with Gasteiger partial charge in [-0.25, -0.2) is 0 Å². The smallest absolute Gasteiger partial charge is 0.311 e. The van der Waals surface area contributed by atoms with Crippen LogP contribution in [-0.2, 0) is 9.59 Å². The van der Waals surface area contributed by atoms with Gasteiger partial charge in [-0.05, 0) is 42.7 Å². The number of carbonyl (C=O) groups is 2. The fraction of sp³-hybridized carbons (Fsp3) is 0.680. The number of rotatable bonds is 15. The number of carboxylic acids is 2. The van der Waals surface area contributed by atoms with Crippen LogP contribution in [0.25, 0.3) is 0 Å². The van der Waals surface area contributed by atoms with Gasteiger partial charge >= 0.3 is 11.9 Å². The Bertz CT molecular complexity index is 666. The van der Waals surface area contributed by atoms with Crippen LogP contribution in [0, 0.1) is 11.8 Å². The number of aliphatic carboxylic acids is 2. The molecule has 2 atom stereocenters. The Labute approximate surface area is 181 Å². The van der Waals surface area contributed by atoms with Crippen LogP contribution in [-0.4, -0.2) is 28.8 Å². The SMILES string of the molecule is CCCOc1cccc(C(CCCC(C)C)C(=O)O)c1C(CCCC(C)C)C(=O)O. The predicted molar refractivity (Wildman–Crippen MR) is 120 cm³/mol. The summed E-state index contributed by atoms with van der Waals surface area (Å²) in [6.45, 7) is 10.9. The van der Waals surface area contributed by atoms with Crippen LogP contribution in [0.3, 0.4) is 0 Å². The molecule has 1 aromatic carbocycles. The van der Waals surface area contributed by atoms with Gasteiger partial charge in [0.15, 0.2) is 0 Å². The molecule has 30 heavy (non-hydrogen) atoms. The van der Waals surface area contributed by atoms with E-state index in [-0.39, 0.29) is 0 Å². The second-order valence-electron chi connectivity index (χ2n) is 9.04. The number of hydrogen-bond acceptors (Lipinski definition) is 3. The number of carboxylic acid groups (broad SMARTS) is 2. The summed E-state index contributed by atoms with van der Waals surface area (Å²) in [5.74, 6) is -1.80. The molecule has 0 radical (unpaired) electrons. The maximum Gasteiger partial charge on any atom is 0.311 e. The molecule has 0 aliphatic carbocycles. The summed E-state index contributed by atoms with van der Waals surface area (Å²) in [6, 6.07) is 5.34. The van der Waals surface area contributed by atoms with E-state index in [1.54, 1.807) is 18.2 Å². The summed E-state index contributed by atoms with van der Waals surface area (Å²) >= 11 is 0. The summed E-state index contributed by atoms with van der Waals surface area (Å²) in [7, 11) is 0. The zero-order valence-electron chi connectivity index (χ0n) is 19.3. The molecule has 0 spiro atoms. The van der Waals surface area contributed by atoms with Gasteiger partial charge < -0.3 is 14.9 Å². The van der Waals surface area contributed by atoms with Crippen LogP contribution in [0.4, 0.5) is 0 Å². The van der Waals surface area contributed by atoms with Crippen LogP contribution in [0.15, 0.2) is 18.2 Å². The minimum Gasteiger partial charge on any atom is -0.493 e. The zero-order valence-corrected chi connectivity index (χ0v) is 19.3. The first kappa shape index (κ1) is 26.0. The maximum atomic E-state index is 12.2. The second kappa shape index (κ2) is 13.3. The van der Waals surface area contributed by atoms with Crippen molar-refractivity contribution >= 4 is 11.9 Å². The summed E-state index contributed by atoms with van der Waals surface area (Å²) in [5.41, 5.74) is 1.15. The summed E-state index contributed by atoms with van der Waals surface area (Å²) < 4.78 is 5.90. The molecule has 0 aromatic heterocycles. The Morgan fingerprint density at radius 3 is 1.87 bits per heavy atom. The molecule has 2 unspecified atom stereocenters. The molecule has 2 N–H and O–H groups in total. The minimum atomic E-state index is -0.918. The highest BCUT2D eigenvalue weighted by Gasteiger charge is 2.31. The van der Waals surface area contributed by atoms with E-state index in [0.717, 1.165) is 32.1 Å². The molecule has 0 aliphatic heterocycles. The molecule has 0 amide bonds. The fourth-order valence-corrected chi connectivity index (χ4v) is 3.84. The van der Waals surface area contributed by atoms with Gasteiger partial charge in [0.1, 0.15) is 5.75 Å². The lowest BCUT2D eigenvalue weighted by Crippen LogP contribution is -2.20. The summed E-state index contributed by atoms with van der Waals surface area (Å²) in [4.78, 5) is 24.4. The molecule has 0 saturated heterocycles. The molecular weight excluding hydrogens is 380 g/mol. The third kappa shape index (κ3) is 8.37. The first-order valence-corrected chi connectivity index (χ1v) is 11.4. The van der Waals surface area contributed by atoms with Gasteiger partial charge in [0, 0.05) is 5.56 Å².